The Morgan fingerprint density at radius 3 is 2.57 bits per heavy atom. The molecule has 30 heavy (non-hydrogen) atoms. The maximum atomic E-state index is 12.8. The zero-order chi connectivity index (χ0) is 21.1. The first-order valence-electron chi connectivity index (χ1n) is 9.08. The molecule has 148 valence electrons. The lowest BCUT2D eigenvalue weighted by Crippen LogP contribution is -2.22. The lowest BCUT2D eigenvalue weighted by molar-refractivity contribution is -0.384. The minimum atomic E-state index is -0.467. The van der Waals surface area contributed by atoms with E-state index in [-0.39, 0.29) is 11.6 Å². The number of nitrogen functional groups attached to an aromatic ring is 1. The van der Waals surface area contributed by atoms with E-state index in [9.17, 15) is 14.9 Å². The molecule has 4 rings (SSSR count). The number of nitro benzene ring substituents is 1. The van der Waals surface area contributed by atoms with Gasteiger partial charge in [0.15, 0.2) is 5.82 Å². The Labute approximate surface area is 171 Å². The summed E-state index contributed by atoms with van der Waals surface area (Å²) in [4.78, 5) is 31.1. The second-order valence-electron chi connectivity index (χ2n) is 6.59. The molecule has 3 aromatic carbocycles. The van der Waals surface area contributed by atoms with Crippen LogP contribution < -0.4 is 11.1 Å². The van der Waals surface area contributed by atoms with Gasteiger partial charge >= 0.3 is 0 Å². The van der Waals surface area contributed by atoms with Crippen molar-refractivity contribution in [2.75, 3.05) is 5.73 Å². The summed E-state index contributed by atoms with van der Waals surface area (Å²) in [5.41, 5.74) is 9.10. The first-order valence-corrected chi connectivity index (χ1v) is 9.08. The van der Waals surface area contributed by atoms with E-state index in [0.717, 1.165) is 11.0 Å². The molecular weight excluding hydrogens is 382 g/mol. The Hall–Kier alpha value is -4.46. The zero-order valence-electron chi connectivity index (χ0n) is 15.7. The number of hydrogen-bond donors (Lipinski definition) is 3. The zero-order valence-corrected chi connectivity index (χ0v) is 15.7. The SMILES string of the molecule is Nc1ccc(C(=O)N/C(=C\c2cccc([N+](=O)[O-])c2)c2nc3ccccc3[nH]2)cc1. The van der Waals surface area contributed by atoms with E-state index in [2.05, 4.69) is 15.3 Å². The number of H-pyrrole nitrogens is 1. The van der Waals surface area contributed by atoms with Gasteiger partial charge in [-0.05, 0) is 48.0 Å². The topological polar surface area (TPSA) is 127 Å². The molecule has 0 fully saturated rings. The molecule has 0 aliphatic carbocycles. The van der Waals surface area contributed by atoms with Gasteiger partial charge in [-0.15, -0.1) is 0 Å². The normalized spacial score (nSPS) is 11.4. The number of aromatic amines is 1. The van der Waals surface area contributed by atoms with Crippen LogP contribution in [0.5, 0.6) is 0 Å². The number of carbonyl (C=O) groups excluding carboxylic acids is 1. The summed E-state index contributed by atoms with van der Waals surface area (Å²) in [6, 6.07) is 20.1. The number of anilines is 1. The number of nitrogens with two attached hydrogens (primary N) is 1. The number of nitro groups is 1. The molecule has 4 aromatic rings. The predicted octanol–water partition coefficient (Wildman–Crippen LogP) is 3.98. The van der Waals surface area contributed by atoms with Gasteiger partial charge in [-0.2, -0.15) is 0 Å². The van der Waals surface area contributed by atoms with Crippen molar-refractivity contribution >= 4 is 40.1 Å². The Morgan fingerprint density at radius 2 is 1.83 bits per heavy atom. The number of carbonyl (C=O) groups is 1. The summed E-state index contributed by atoms with van der Waals surface area (Å²) >= 11 is 0. The summed E-state index contributed by atoms with van der Waals surface area (Å²) < 4.78 is 0. The fourth-order valence-electron chi connectivity index (χ4n) is 2.97. The van der Waals surface area contributed by atoms with Crippen LogP contribution in [-0.2, 0) is 0 Å². The molecule has 8 nitrogen and oxygen atoms in total. The van der Waals surface area contributed by atoms with Gasteiger partial charge in [0, 0.05) is 23.4 Å². The van der Waals surface area contributed by atoms with E-state index in [1.165, 1.54) is 12.1 Å². The largest absolute Gasteiger partial charge is 0.399 e. The molecule has 0 saturated heterocycles. The van der Waals surface area contributed by atoms with Crippen LogP contribution in [-0.4, -0.2) is 20.8 Å². The third-order valence-corrected chi connectivity index (χ3v) is 4.46. The lowest BCUT2D eigenvalue weighted by atomic mass is 10.1. The second-order valence-corrected chi connectivity index (χ2v) is 6.59. The minimum absolute atomic E-state index is 0.0439. The number of hydrogen-bond acceptors (Lipinski definition) is 5. The number of para-hydroxylation sites is 2. The van der Waals surface area contributed by atoms with Crippen molar-refractivity contribution in [2.24, 2.45) is 0 Å². The van der Waals surface area contributed by atoms with Crippen LogP contribution in [0.2, 0.25) is 0 Å². The van der Waals surface area contributed by atoms with Gasteiger partial charge in [0.25, 0.3) is 11.6 Å². The van der Waals surface area contributed by atoms with Crippen LogP contribution in [0.4, 0.5) is 11.4 Å². The van der Waals surface area contributed by atoms with Crippen LogP contribution >= 0.6 is 0 Å². The Bertz CT molecular complexity index is 1240. The van der Waals surface area contributed by atoms with Gasteiger partial charge in [-0.3, -0.25) is 14.9 Å². The molecule has 1 aromatic heterocycles. The highest BCUT2D eigenvalue weighted by atomic mass is 16.6. The fourth-order valence-corrected chi connectivity index (χ4v) is 2.97. The monoisotopic (exact) mass is 399 g/mol. The quantitative estimate of drug-likeness (QED) is 0.266. The Kier molecular flexibility index (Phi) is 4.96. The average molecular weight is 399 g/mol. The van der Waals surface area contributed by atoms with Crippen molar-refractivity contribution in [1.82, 2.24) is 15.3 Å². The summed E-state index contributed by atoms with van der Waals surface area (Å²) in [6.45, 7) is 0. The molecule has 0 unspecified atom stereocenters. The molecule has 0 saturated carbocycles. The number of imidazole rings is 1. The number of fused-ring (bicyclic) bond motifs is 1. The van der Waals surface area contributed by atoms with Crippen LogP contribution in [0.3, 0.4) is 0 Å². The van der Waals surface area contributed by atoms with Crippen molar-refractivity contribution in [3.8, 4) is 0 Å². The minimum Gasteiger partial charge on any atom is -0.399 e. The van der Waals surface area contributed by atoms with E-state index in [0.29, 0.717) is 28.3 Å². The molecular formula is C22H17N5O3. The molecule has 0 aliphatic heterocycles. The maximum absolute atomic E-state index is 12.8. The average Bonchev–Trinajstić information content (AvgIpc) is 3.18. The molecule has 0 radical (unpaired) electrons. The first kappa shape index (κ1) is 18.9. The third kappa shape index (κ3) is 4.02. The van der Waals surface area contributed by atoms with E-state index >= 15 is 0 Å². The van der Waals surface area contributed by atoms with Crippen molar-refractivity contribution in [2.45, 2.75) is 0 Å². The maximum Gasteiger partial charge on any atom is 0.270 e. The van der Waals surface area contributed by atoms with Crippen LogP contribution in [0, 0.1) is 10.1 Å². The predicted molar refractivity (Wildman–Crippen MR) is 115 cm³/mol. The first-order chi connectivity index (χ1) is 14.5. The van der Waals surface area contributed by atoms with E-state index in [4.69, 9.17) is 5.73 Å². The summed E-state index contributed by atoms with van der Waals surface area (Å²) in [5.74, 6) is 0.0821. The van der Waals surface area contributed by atoms with Crippen molar-refractivity contribution in [1.29, 1.82) is 0 Å². The molecule has 8 heteroatoms. The number of nitrogens with one attached hydrogen (secondary N) is 2. The van der Waals surface area contributed by atoms with Crippen molar-refractivity contribution in [3.63, 3.8) is 0 Å². The summed E-state index contributed by atoms with van der Waals surface area (Å²) in [7, 11) is 0. The highest BCUT2D eigenvalue weighted by Gasteiger charge is 2.14. The van der Waals surface area contributed by atoms with Gasteiger partial charge in [0.2, 0.25) is 0 Å². The van der Waals surface area contributed by atoms with Crippen LogP contribution in [0.1, 0.15) is 21.7 Å². The van der Waals surface area contributed by atoms with Crippen LogP contribution in [0.25, 0.3) is 22.8 Å². The number of amides is 1. The molecule has 0 aliphatic rings. The molecule has 4 N–H and O–H groups in total. The van der Waals surface area contributed by atoms with Gasteiger partial charge in [-0.25, -0.2) is 4.98 Å². The lowest BCUT2D eigenvalue weighted by Gasteiger charge is -2.09. The Balaban J connectivity index is 1.76. The number of rotatable bonds is 5. The molecule has 0 spiro atoms. The number of benzene rings is 3. The molecule has 1 amide bonds. The fraction of sp³-hybridized carbons (Fsp3) is 0. The van der Waals surface area contributed by atoms with E-state index in [1.807, 2.05) is 24.3 Å². The highest BCUT2D eigenvalue weighted by molar-refractivity contribution is 6.02. The highest BCUT2D eigenvalue weighted by Crippen LogP contribution is 2.21. The Morgan fingerprint density at radius 1 is 1.07 bits per heavy atom. The van der Waals surface area contributed by atoms with Gasteiger partial charge in [0.05, 0.1) is 21.7 Å². The van der Waals surface area contributed by atoms with Crippen molar-refractivity contribution in [3.05, 3.63) is 99.9 Å². The summed E-state index contributed by atoms with van der Waals surface area (Å²) in [6.07, 6.45) is 1.64. The number of nitrogens with zero attached hydrogens (tertiary/aromatic N) is 2. The number of non-ortho nitro benzene ring substituents is 1. The molecule has 0 atom stereocenters. The van der Waals surface area contributed by atoms with Gasteiger partial charge < -0.3 is 16.0 Å². The van der Waals surface area contributed by atoms with Gasteiger partial charge in [0.1, 0.15) is 0 Å². The van der Waals surface area contributed by atoms with E-state index < -0.39 is 4.92 Å². The molecule has 0 bridgehead atoms. The molecule has 1 heterocycles. The second kappa shape index (κ2) is 7.88. The smallest absolute Gasteiger partial charge is 0.270 e. The van der Waals surface area contributed by atoms with Gasteiger partial charge in [-0.1, -0.05) is 24.3 Å². The standard InChI is InChI=1S/C22H17N5O3/c23-16-10-8-15(9-11-16)22(28)26-20(13-14-4-3-5-17(12-14)27(29)30)21-24-18-6-1-2-7-19(18)25-21/h1-13H,23H2,(H,24,25)(H,26,28)/b20-13-. The van der Waals surface area contributed by atoms with Crippen molar-refractivity contribution < 1.29 is 9.72 Å². The van der Waals surface area contributed by atoms with Crippen LogP contribution in [0.15, 0.2) is 72.8 Å². The van der Waals surface area contributed by atoms with E-state index in [1.54, 1.807) is 42.5 Å². The third-order valence-electron chi connectivity index (χ3n) is 4.46. The number of aromatic nitrogens is 2. The summed E-state index contributed by atoms with van der Waals surface area (Å²) in [5, 5.41) is 13.9.